The molecule has 7 nitrogen and oxygen atoms in total. The van der Waals surface area contributed by atoms with Crippen LogP contribution in [-0.2, 0) is 17.1 Å². The van der Waals surface area contributed by atoms with Crippen molar-refractivity contribution in [2.75, 3.05) is 11.4 Å². The molecule has 0 aliphatic carbocycles. The summed E-state index contributed by atoms with van der Waals surface area (Å²) in [6, 6.07) is 13.1. The van der Waals surface area contributed by atoms with Crippen molar-refractivity contribution in [3.05, 3.63) is 71.2 Å². The first kappa shape index (κ1) is 20.2. The number of nitrogens with zero attached hydrogens (tertiary/aromatic N) is 3. The van der Waals surface area contributed by atoms with Crippen LogP contribution in [0.2, 0.25) is 0 Å². The summed E-state index contributed by atoms with van der Waals surface area (Å²) in [6.07, 6.45) is 3.18. The van der Waals surface area contributed by atoms with Crippen LogP contribution in [0.25, 0.3) is 0 Å². The third-order valence-electron chi connectivity index (χ3n) is 4.82. The number of anilines is 1. The number of aromatic nitrogens is 2. The second-order valence-electron chi connectivity index (χ2n) is 7.07. The molecule has 0 unspecified atom stereocenters. The van der Waals surface area contributed by atoms with E-state index in [4.69, 9.17) is 4.52 Å². The molecule has 0 spiro atoms. The van der Waals surface area contributed by atoms with Crippen molar-refractivity contribution in [3.8, 4) is 0 Å². The number of thioether (sulfide) groups is 1. The second-order valence-corrected chi connectivity index (χ2v) is 8.04. The van der Waals surface area contributed by atoms with Gasteiger partial charge in [0.25, 0.3) is 5.91 Å². The predicted octanol–water partition coefficient (Wildman–Crippen LogP) is 3.73. The van der Waals surface area contributed by atoms with Crippen LogP contribution in [-0.4, -0.2) is 28.5 Å². The third-order valence-corrected chi connectivity index (χ3v) is 5.86. The molecule has 1 saturated heterocycles. The van der Waals surface area contributed by atoms with Gasteiger partial charge in [-0.25, -0.2) is 4.98 Å². The first-order valence-corrected chi connectivity index (χ1v) is 10.8. The average Bonchev–Trinajstić information content (AvgIpc) is 3.39. The Labute approximate surface area is 178 Å². The van der Waals surface area contributed by atoms with Gasteiger partial charge in [0.15, 0.2) is 0 Å². The summed E-state index contributed by atoms with van der Waals surface area (Å²) >= 11 is 1.45. The van der Waals surface area contributed by atoms with Gasteiger partial charge in [0, 0.05) is 43.2 Å². The van der Waals surface area contributed by atoms with Crippen LogP contribution >= 0.6 is 11.8 Å². The largest absolute Gasteiger partial charge is 0.361 e. The molecule has 1 N–H and O–H groups in total. The van der Waals surface area contributed by atoms with Crippen molar-refractivity contribution in [1.82, 2.24) is 15.5 Å². The topological polar surface area (TPSA) is 88.3 Å². The molecular weight excluding hydrogens is 400 g/mol. The molecule has 3 aromatic rings. The van der Waals surface area contributed by atoms with Crippen LogP contribution in [0.5, 0.6) is 0 Å². The van der Waals surface area contributed by atoms with Gasteiger partial charge in [0.2, 0.25) is 5.91 Å². The van der Waals surface area contributed by atoms with E-state index >= 15 is 0 Å². The average molecular weight is 423 g/mol. The molecule has 1 aliphatic rings. The normalized spacial score (nSPS) is 13.6. The number of carbonyl (C=O) groups is 2. The molecule has 0 bridgehead atoms. The number of pyridine rings is 1. The first-order chi connectivity index (χ1) is 14.6. The van der Waals surface area contributed by atoms with E-state index in [1.54, 1.807) is 23.2 Å². The zero-order valence-electron chi connectivity index (χ0n) is 16.6. The number of amides is 2. The molecule has 3 heterocycles. The fourth-order valence-electron chi connectivity index (χ4n) is 3.30. The highest BCUT2D eigenvalue weighted by atomic mass is 32.2. The van der Waals surface area contributed by atoms with Gasteiger partial charge in [-0.3, -0.25) is 9.59 Å². The van der Waals surface area contributed by atoms with Crippen molar-refractivity contribution in [3.63, 3.8) is 0 Å². The van der Waals surface area contributed by atoms with Crippen LogP contribution in [0.3, 0.4) is 0 Å². The van der Waals surface area contributed by atoms with Gasteiger partial charge in [-0.2, -0.15) is 0 Å². The summed E-state index contributed by atoms with van der Waals surface area (Å²) in [5.74, 6) is 1.31. The van der Waals surface area contributed by atoms with Crippen LogP contribution in [0, 0.1) is 6.92 Å². The van der Waals surface area contributed by atoms with E-state index in [-0.39, 0.29) is 11.8 Å². The molecule has 8 heteroatoms. The lowest BCUT2D eigenvalue weighted by molar-refractivity contribution is -0.117. The molecule has 154 valence electrons. The summed E-state index contributed by atoms with van der Waals surface area (Å²) in [5.41, 5.74) is 3.21. The minimum absolute atomic E-state index is 0.165. The minimum Gasteiger partial charge on any atom is -0.361 e. The van der Waals surface area contributed by atoms with Gasteiger partial charge < -0.3 is 14.7 Å². The minimum atomic E-state index is -0.180. The Morgan fingerprint density at radius 2 is 2.10 bits per heavy atom. The number of benzene rings is 1. The Bertz CT molecular complexity index is 1050. The third kappa shape index (κ3) is 4.71. The number of hydrogen-bond donors (Lipinski definition) is 1. The van der Waals surface area contributed by atoms with E-state index in [0.29, 0.717) is 29.3 Å². The number of hydrogen-bond acceptors (Lipinski definition) is 6. The number of aryl methyl sites for hydroxylation is 1. The Hall–Kier alpha value is -3.13. The lowest BCUT2D eigenvalue weighted by Crippen LogP contribution is -2.24. The SMILES string of the molecule is Cc1cc(CSc2ncccc2C(=O)NCc2ccc(N3CCCC3=O)cc2)no1. The molecule has 1 aromatic carbocycles. The summed E-state index contributed by atoms with van der Waals surface area (Å²) in [5, 5.41) is 7.57. The molecule has 1 aliphatic heterocycles. The van der Waals surface area contributed by atoms with Crippen molar-refractivity contribution in [2.45, 2.75) is 37.1 Å². The zero-order chi connectivity index (χ0) is 20.9. The van der Waals surface area contributed by atoms with Crippen LogP contribution in [0.4, 0.5) is 5.69 Å². The molecule has 0 saturated carbocycles. The quantitative estimate of drug-likeness (QED) is 0.584. The highest BCUT2D eigenvalue weighted by Gasteiger charge is 2.21. The molecule has 0 radical (unpaired) electrons. The fourth-order valence-corrected chi connectivity index (χ4v) is 4.17. The lowest BCUT2D eigenvalue weighted by Gasteiger charge is -2.16. The van der Waals surface area contributed by atoms with Gasteiger partial charge in [-0.15, -0.1) is 0 Å². The lowest BCUT2D eigenvalue weighted by atomic mass is 10.2. The van der Waals surface area contributed by atoms with E-state index in [2.05, 4.69) is 15.5 Å². The van der Waals surface area contributed by atoms with Gasteiger partial charge in [-0.05, 0) is 43.2 Å². The zero-order valence-corrected chi connectivity index (χ0v) is 17.4. The van der Waals surface area contributed by atoms with E-state index in [0.717, 1.165) is 35.7 Å². The van der Waals surface area contributed by atoms with Crippen molar-refractivity contribution >= 4 is 29.3 Å². The Morgan fingerprint density at radius 1 is 1.27 bits per heavy atom. The monoisotopic (exact) mass is 422 g/mol. The van der Waals surface area contributed by atoms with Crippen molar-refractivity contribution in [2.24, 2.45) is 0 Å². The van der Waals surface area contributed by atoms with Crippen molar-refractivity contribution in [1.29, 1.82) is 0 Å². The maximum Gasteiger partial charge on any atom is 0.254 e. The molecule has 30 heavy (non-hydrogen) atoms. The molecule has 0 atom stereocenters. The van der Waals surface area contributed by atoms with E-state index in [1.807, 2.05) is 37.3 Å². The second kappa shape index (κ2) is 9.13. The van der Waals surface area contributed by atoms with Crippen LogP contribution in [0.1, 0.15) is 40.2 Å². The maximum atomic E-state index is 12.7. The summed E-state index contributed by atoms with van der Waals surface area (Å²) in [7, 11) is 0. The van der Waals surface area contributed by atoms with Gasteiger partial charge in [0.05, 0.1) is 11.3 Å². The van der Waals surface area contributed by atoms with Crippen LogP contribution in [0.15, 0.2) is 58.2 Å². The highest BCUT2D eigenvalue weighted by Crippen LogP contribution is 2.24. The van der Waals surface area contributed by atoms with E-state index < -0.39 is 0 Å². The summed E-state index contributed by atoms with van der Waals surface area (Å²) in [4.78, 5) is 30.7. The smallest absolute Gasteiger partial charge is 0.254 e. The maximum absolute atomic E-state index is 12.7. The van der Waals surface area contributed by atoms with E-state index in [1.165, 1.54) is 11.8 Å². The molecular formula is C22H22N4O3S. The van der Waals surface area contributed by atoms with Gasteiger partial charge in [-0.1, -0.05) is 29.1 Å². The Morgan fingerprint density at radius 3 is 2.80 bits per heavy atom. The summed E-state index contributed by atoms with van der Waals surface area (Å²) in [6.45, 7) is 3.01. The van der Waals surface area contributed by atoms with Gasteiger partial charge in [0.1, 0.15) is 10.8 Å². The first-order valence-electron chi connectivity index (χ1n) is 9.77. The summed E-state index contributed by atoms with van der Waals surface area (Å²) < 4.78 is 5.08. The molecule has 4 rings (SSSR count). The number of rotatable bonds is 7. The number of carbonyl (C=O) groups excluding carboxylic acids is 2. The standard InChI is InChI=1S/C22H22N4O3S/c1-15-12-17(25-29-15)14-30-22-19(4-2-10-23-22)21(28)24-13-16-6-8-18(9-7-16)26-11-3-5-20(26)27/h2,4,6-10,12H,3,5,11,13-14H2,1H3,(H,24,28). The van der Waals surface area contributed by atoms with Crippen LogP contribution < -0.4 is 10.2 Å². The molecule has 2 amide bonds. The highest BCUT2D eigenvalue weighted by molar-refractivity contribution is 7.98. The molecule has 2 aromatic heterocycles. The Kier molecular flexibility index (Phi) is 6.13. The Balaban J connectivity index is 1.36. The predicted molar refractivity (Wildman–Crippen MR) is 114 cm³/mol. The number of nitrogens with one attached hydrogen (secondary N) is 1. The fraction of sp³-hybridized carbons (Fsp3) is 0.273. The molecule has 1 fully saturated rings. The van der Waals surface area contributed by atoms with E-state index in [9.17, 15) is 9.59 Å². The van der Waals surface area contributed by atoms with Crippen molar-refractivity contribution < 1.29 is 14.1 Å². The van der Waals surface area contributed by atoms with Gasteiger partial charge >= 0.3 is 0 Å².